The predicted molar refractivity (Wildman–Crippen MR) is 46.2 cm³/mol. The van der Waals surface area contributed by atoms with E-state index in [1.807, 2.05) is 0 Å². The van der Waals surface area contributed by atoms with Gasteiger partial charge < -0.3 is 15.1 Å². The van der Waals surface area contributed by atoms with Crippen LogP contribution in [-0.2, 0) is 23.7 Å². The van der Waals surface area contributed by atoms with E-state index in [1.165, 1.54) is 0 Å². The van der Waals surface area contributed by atoms with Crippen molar-refractivity contribution in [2.75, 3.05) is 7.11 Å². The third-order valence-corrected chi connectivity index (χ3v) is 3.70. The first-order valence-electron chi connectivity index (χ1n) is 3.68. The standard InChI is InChI=1S/C6H11O8P/c1-6(5(9)10,3-4(7)8)15(11,12)14-13-2/h3H2,1-2H3,(H,7,8)(H,9,10)(H,11,12). The Morgan fingerprint density at radius 2 is 1.87 bits per heavy atom. The van der Waals surface area contributed by atoms with Crippen molar-refractivity contribution in [3.63, 3.8) is 0 Å². The van der Waals surface area contributed by atoms with E-state index in [4.69, 9.17) is 10.2 Å². The largest absolute Gasteiger partial charge is 0.481 e. The molecule has 0 radical (unpaired) electrons. The fourth-order valence-electron chi connectivity index (χ4n) is 0.774. The zero-order valence-electron chi connectivity index (χ0n) is 8.04. The van der Waals surface area contributed by atoms with Crippen LogP contribution >= 0.6 is 7.60 Å². The van der Waals surface area contributed by atoms with Crippen LogP contribution in [0.3, 0.4) is 0 Å². The fraction of sp³-hybridized carbons (Fsp3) is 0.667. The van der Waals surface area contributed by atoms with Gasteiger partial charge in [-0.3, -0.25) is 14.2 Å². The van der Waals surface area contributed by atoms with Gasteiger partial charge in [-0.05, 0) is 6.92 Å². The number of carboxylic acid groups (broad SMARTS) is 2. The Labute approximate surface area is 84.9 Å². The second-order valence-electron chi connectivity index (χ2n) is 2.91. The van der Waals surface area contributed by atoms with Gasteiger partial charge in [-0.15, -0.1) is 4.67 Å². The summed E-state index contributed by atoms with van der Waals surface area (Å²) in [5.41, 5.74) is 0. The monoisotopic (exact) mass is 242 g/mol. The lowest BCUT2D eigenvalue weighted by Gasteiger charge is -2.25. The Kier molecular flexibility index (Phi) is 4.42. The van der Waals surface area contributed by atoms with E-state index in [-0.39, 0.29) is 0 Å². The molecular weight excluding hydrogens is 231 g/mol. The summed E-state index contributed by atoms with van der Waals surface area (Å²) in [4.78, 5) is 34.3. The van der Waals surface area contributed by atoms with Gasteiger partial charge in [-0.1, -0.05) is 0 Å². The Morgan fingerprint density at radius 3 is 2.13 bits per heavy atom. The van der Waals surface area contributed by atoms with E-state index in [1.54, 1.807) is 0 Å². The van der Waals surface area contributed by atoms with Gasteiger partial charge in [0, 0.05) is 0 Å². The van der Waals surface area contributed by atoms with Crippen LogP contribution in [0.15, 0.2) is 0 Å². The van der Waals surface area contributed by atoms with Crippen LogP contribution in [0.4, 0.5) is 0 Å². The highest BCUT2D eigenvalue weighted by atomic mass is 31.2. The van der Waals surface area contributed by atoms with E-state index in [0.29, 0.717) is 0 Å². The molecule has 0 fully saturated rings. The molecule has 0 aliphatic heterocycles. The van der Waals surface area contributed by atoms with E-state index >= 15 is 0 Å². The molecule has 0 aliphatic rings. The second-order valence-corrected chi connectivity index (χ2v) is 5.09. The van der Waals surface area contributed by atoms with Crippen LogP contribution in [0.2, 0.25) is 0 Å². The van der Waals surface area contributed by atoms with Crippen LogP contribution in [-0.4, -0.2) is 39.3 Å². The van der Waals surface area contributed by atoms with Crippen LogP contribution in [0.5, 0.6) is 0 Å². The number of carbonyl (C=O) groups is 2. The van der Waals surface area contributed by atoms with Gasteiger partial charge >= 0.3 is 19.5 Å². The van der Waals surface area contributed by atoms with Crippen molar-refractivity contribution in [3.05, 3.63) is 0 Å². The molecule has 0 aromatic rings. The van der Waals surface area contributed by atoms with Crippen molar-refractivity contribution < 1.29 is 38.8 Å². The molecule has 0 amide bonds. The molecule has 0 saturated heterocycles. The molecule has 2 unspecified atom stereocenters. The Morgan fingerprint density at radius 1 is 1.40 bits per heavy atom. The number of hydrogen-bond donors (Lipinski definition) is 3. The first kappa shape index (κ1) is 14.1. The molecule has 2 atom stereocenters. The number of hydrogen-bond acceptors (Lipinski definition) is 5. The number of carboxylic acids is 2. The van der Waals surface area contributed by atoms with Crippen LogP contribution in [0.25, 0.3) is 0 Å². The van der Waals surface area contributed by atoms with Gasteiger partial charge in [0.05, 0.1) is 13.5 Å². The smallest absolute Gasteiger partial charge is 0.372 e. The van der Waals surface area contributed by atoms with Gasteiger partial charge in [-0.25, -0.2) is 4.89 Å². The van der Waals surface area contributed by atoms with Gasteiger partial charge in [0.1, 0.15) is 0 Å². The highest BCUT2D eigenvalue weighted by molar-refractivity contribution is 7.55. The maximum atomic E-state index is 11.4. The quantitative estimate of drug-likeness (QED) is 0.338. The van der Waals surface area contributed by atoms with Gasteiger partial charge in [0.2, 0.25) is 0 Å². The number of aliphatic carboxylic acids is 2. The summed E-state index contributed by atoms with van der Waals surface area (Å²) in [6.07, 6.45) is -1.06. The third-order valence-electron chi connectivity index (χ3n) is 1.76. The molecule has 0 aromatic heterocycles. The van der Waals surface area contributed by atoms with Crippen molar-refractivity contribution in [1.29, 1.82) is 0 Å². The molecule has 9 heteroatoms. The lowest BCUT2D eigenvalue weighted by Crippen LogP contribution is -2.38. The maximum absolute atomic E-state index is 11.4. The minimum absolute atomic E-state index is 0.795. The fourth-order valence-corrected chi connectivity index (χ4v) is 1.72. The maximum Gasteiger partial charge on any atom is 0.372 e. The molecule has 88 valence electrons. The van der Waals surface area contributed by atoms with Gasteiger partial charge in [0.15, 0.2) is 5.16 Å². The van der Waals surface area contributed by atoms with Gasteiger partial charge in [-0.2, -0.15) is 0 Å². The molecule has 0 aromatic carbocycles. The zero-order chi connectivity index (χ0) is 12.3. The van der Waals surface area contributed by atoms with E-state index < -0.39 is 31.1 Å². The minimum atomic E-state index is -4.73. The van der Waals surface area contributed by atoms with Crippen molar-refractivity contribution in [1.82, 2.24) is 0 Å². The number of rotatable bonds is 6. The first-order valence-corrected chi connectivity index (χ1v) is 5.25. The summed E-state index contributed by atoms with van der Waals surface area (Å²) in [5, 5.41) is 14.7. The summed E-state index contributed by atoms with van der Waals surface area (Å²) in [7, 11) is -3.82. The lowest BCUT2D eigenvalue weighted by atomic mass is 10.1. The summed E-state index contributed by atoms with van der Waals surface area (Å²) in [6.45, 7) is 0.795. The summed E-state index contributed by atoms with van der Waals surface area (Å²) < 4.78 is 15.3. The first-order chi connectivity index (χ1) is 6.67. The van der Waals surface area contributed by atoms with Gasteiger partial charge in [0.25, 0.3) is 0 Å². The van der Waals surface area contributed by atoms with E-state index in [9.17, 15) is 19.0 Å². The molecule has 0 aliphatic carbocycles. The molecule has 8 nitrogen and oxygen atoms in total. The second kappa shape index (κ2) is 4.71. The Hall–Kier alpha value is -0.950. The molecular formula is C6H11O8P. The minimum Gasteiger partial charge on any atom is -0.481 e. The Balaban J connectivity index is 5.19. The average Bonchev–Trinajstić information content (AvgIpc) is 2.01. The van der Waals surface area contributed by atoms with Crippen LogP contribution in [0, 0.1) is 0 Å². The van der Waals surface area contributed by atoms with Crippen LogP contribution < -0.4 is 0 Å². The summed E-state index contributed by atoms with van der Waals surface area (Å²) >= 11 is 0. The van der Waals surface area contributed by atoms with Crippen molar-refractivity contribution in [3.8, 4) is 0 Å². The van der Waals surface area contributed by atoms with Crippen molar-refractivity contribution in [2.45, 2.75) is 18.5 Å². The molecule has 15 heavy (non-hydrogen) atoms. The highest BCUT2D eigenvalue weighted by Crippen LogP contribution is 2.57. The molecule has 0 saturated carbocycles. The SMILES string of the molecule is COOP(=O)(O)C(C)(CC(=O)O)C(=O)O. The topological polar surface area (TPSA) is 130 Å². The molecule has 0 spiro atoms. The van der Waals surface area contributed by atoms with Crippen LogP contribution in [0.1, 0.15) is 13.3 Å². The summed E-state index contributed by atoms with van der Waals surface area (Å²) in [5.74, 6) is -3.29. The highest BCUT2D eigenvalue weighted by Gasteiger charge is 2.54. The zero-order valence-corrected chi connectivity index (χ0v) is 8.93. The molecule has 3 N–H and O–H groups in total. The van der Waals surface area contributed by atoms with Crippen molar-refractivity contribution >= 4 is 19.5 Å². The van der Waals surface area contributed by atoms with E-state index in [2.05, 4.69) is 9.56 Å². The molecule has 0 rings (SSSR count). The summed E-state index contributed by atoms with van der Waals surface area (Å²) in [6, 6.07) is 0. The van der Waals surface area contributed by atoms with Crippen molar-refractivity contribution in [2.24, 2.45) is 0 Å². The average molecular weight is 242 g/mol. The molecule has 0 bridgehead atoms. The lowest BCUT2D eigenvalue weighted by molar-refractivity contribution is -0.190. The van der Waals surface area contributed by atoms with E-state index in [0.717, 1.165) is 14.0 Å². The molecule has 0 heterocycles. The Bertz CT molecular complexity index is 312. The third kappa shape index (κ3) is 3.00. The normalized spacial score (nSPS) is 18.9. The predicted octanol–water partition coefficient (Wildman–Crippen LogP) is 0.0678.